The van der Waals surface area contributed by atoms with Crippen LogP contribution in [0.2, 0.25) is 0 Å². The molecule has 2 aliphatic rings. The van der Waals surface area contributed by atoms with Crippen molar-refractivity contribution in [3.8, 4) is 0 Å². The summed E-state index contributed by atoms with van der Waals surface area (Å²) >= 11 is 3.44. The van der Waals surface area contributed by atoms with Crippen LogP contribution in [0.4, 0.5) is 32.6 Å². The van der Waals surface area contributed by atoms with E-state index in [0.29, 0.717) is 41.1 Å². The Balaban J connectivity index is 0.000000193. The van der Waals surface area contributed by atoms with Crippen LogP contribution in [-0.2, 0) is 28.7 Å². The van der Waals surface area contributed by atoms with Gasteiger partial charge in [-0.15, -0.1) is 22.7 Å². The van der Waals surface area contributed by atoms with Gasteiger partial charge in [-0.3, -0.25) is 35.2 Å². The molecule has 0 saturated carbocycles. The Morgan fingerprint density at radius 1 is 0.662 bits per heavy atom. The standard InChI is InChI=1S/C24H30N6O4S.C13H17N3O5.C11H15N3S/c1-13-6-7-17(18-9-16-19(35-18)11-26-29-16)30(12-13)22(32)21(31)27-15-8-14(2)20(25-10-15)28-23(33)34-24(3,4)5;1-7-5-8(15-10(17)11(18)19)6-14-9(7)16-12(20)21-13(2,3)4;1-7-2-3-8(12-5-7)10-4-9-11(15-10)6-13-14-9/h8-11,13,17H,6-7,12H2,1-5H3,(H,26,29)(H,27,31)(H,25,28,33);5-6H,1-4H3,(H,15,17)(H,18,19)(H,14,16,20);4,6-8,12H,2-3,5H2,1H3,(H,13,14)/t13-,17+;;7-,8+/m1.0/s1. The number of piperidine rings is 2. The summed E-state index contributed by atoms with van der Waals surface area (Å²) in [6.07, 6.45) is 9.42. The molecule has 380 valence electrons. The molecule has 8 N–H and O–H groups in total. The van der Waals surface area contributed by atoms with Gasteiger partial charge in [0.25, 0.3) is 0 Å². The summed E-state index contributed by atoms with van der Waals surface area (Å²) in [6.45, 7) is 20.0. The number of thiophene rings is 2. The summed E-state index contributed by atoms with van der Waals surface area (Å²) in [6, 6.07) is 7.79. The van der Waals surface area contributed by atoms with E-state index >= 15 is 0 Å². The SMILES string of the molecule is C[C@H]1CC[C@H](c2cc3[nH]ncc3s2)NC1.Cc1cc(NC(=O)C(=O)N2C[C@H](C)CC[C@H]2c2cc3[nH]ncc3s2)cnc1NC(=O)OC(C)(C)C.Cc1cc(NC(=O)C(=O)O)cnc1NC(=O)OC(C)(C)C. The number of fused-ring (bicyclic) bond motifs is 2. The number of anilines is 4. The van der Waals surface area contributed by atoms with E-state index in [0.717, 1.165) is 40.4 Å². The number of hydrogen-bond acceptors (Lipinski definition) is 15. The predicted octanol–water partition coefficient (Wildman–Crippen LogP) is 9.06. The van der Waals surface area contributed by atoms with Crippen molar-refractivity contribution in [2.24, 2.45) is 11.8 Å². The first-order chi connectivity index (χ1) is 33.4. The number of nitrogens with one attached hydrogen (secondary N) is 7. The fraction of sp³-hybridized carbons (Fsp3) is 0.458. The molecule has 0 unspecified atom stereocenters. The minimum Gasteiger partial charge on any atom is -0.474 e. The summed E-state index contributed by atoms with van der Waals surface area (Å²) in [5.74, 6) is -2.35. The molecule has 8 heterocycles. The predicted molar refractivity (Wildman–Crippen MR) is 272 cm³/mol. The van der Waals surface area contributed by atoms with Crippen molar-refractivity contribution in [3.05, 3.63) is 69.9 Å². The van der Waals surface area contributed by atoms with E-state index in [2.05, 4.69) is 76.9 Å². The third kappa shape index (κ3) is 15.3. The molecule has 2 aliphatic heterocycles. The molecule has 0 spiro atoms. The Labute approximate surface area is 418 Å². The zero-order chi connectivity index (χ0) is 51.8. The molecule has 4 atom stereocenters. The molecular weight excluding hydrogens is 953 g/mol. The van der Waals surface area contributed by atoms with Gasteiger partial charge >= 0.3 is 35.9 Å². The van der Waals surface area contributed by atoms with Gasteiger partial charge in [0.15, 0.2) is 0 Å². The van der Waals surface area contributed by atoms with Crippen LogP contribution >= 0.6 is 22.7 Å². The minimum atomic E-state index is -1.59. The van der Waals surface area contributed by atoms with E-state index in [-0.39, 0.29) is 17.5 Å². The number of carboxylic acid groups (broad SMARTS) is 1. The number of carbonyl (C=O) groups is 6. The number of carbonyl (C=O) groups excluding carboxylic acids is 5. The molecule has 8 rings (SSSR count). The van der Waals surface area contributed by atoms with Gasteiger partial charge < -0.3 is 35.4 Å². The summed E-state index contributed by atoms with van der Waals surface area (Å²) < 4.78 is 12.6. The van der Waals surface area contributed by atoms with Crippen molar-refractivity contribution in [1.82, 2.24) is 40.6 Å². The highest BCUT2D eigenvalue weighted by atomic mass is 32.1. The lowest BCUT2D eigenvalue weighted by atomic mass is 9.93. The number of likely N-dealkylation sites (tertiary alicyclic amines) is 1. The van der Waals surface area contributed by atoms with Gasteiger partial charge in [-0.25, -0.2) is 24.4 Å². The average molecular weight is 1020 g/mol. The summed E-state index contributed by atoms with van der Waals surface area (Å²) in [4.78, 5) is 83.5. The number of carboxylic acids is 1. The molecule has 0 radical (unpaired) electrons. The van der Waals surface area contributed by atoms with Crippen LogP contribution in [0.5, 0.6) is 0 Å². The number of amides is 5. The molecule has 23 heteroatoms. The van der Waals surface area contributed by atoms with Crippen molar-refractivity contribution in [3.63, 3.8) is 0 Å². The normalized spacial score (nSPS) is 18.0. The molecule has 2 fully saturated rings. The van der Waals surface area contributed by atoms with E-state index in [1.165, 1.54) is 46.4 Å². The molecule has 0 aromatic carbocycles. The lowest BCUT2D eigenvalue weighted by Gasteiger charge is -2.37. The number of nitrogens with zero attached hydrogens (tertiary/aromatic N) is 5. The number of aromatic nitrogens is 6. The number of aliphatic carboxylic acids is 1. The number of aryl methyl sites for hydroxylation is 2. The molecule has 6 aromatic heterocycles. The van der Waals surface area contributed by atoms with E-state index in [4.69, 9.17) is 14.6 Å². The smallest absolute Gasteiger partial charge is 0.413 e. The van der Waals surface area contributed by atoms with Gasteiger partial charge in [0.2, 0.25) is 0 Å². The first kappa shape index (κ1) is 53.4. The highest BCUT2D eigenvalue weighted by molar-refractivity contribution is 7.19. The maximum Gasteiger partial charge on any atom is 0.413 e. The van der Waals surface area contributed by atoms with Gasteiger partial charge in [-0.05, 0) is 135 Å². The van der Waals surface area contributed by atoms with Gasteiger partial charge in [0.1, 0.15) is 22.8 Å². The highest BCUT2D eigenvalue weighted by Crippen LogP contribution is 2.39. The molecular formula is C48H62N12O9S2. The van der Waals surface area contributed by atoms with Gasteiger partial charge in [-0.2, -0.15) is 10.2 Å². The summed E-state index contributed by atoms with van der Waals surface area (Å²) in [5.41, 5.74) is 2.59. The Bertz CT molecular complexity index is 2810. The van der Waals surface area contributed by atoms with Crippen molar-refractivity contribution >= 4 is 102 Å². The minimum absolute atomic E-state index is 0.157. The first-order valence-electron chi connectivity index (χ1n) is 23.1. The molecule has 5 amide bonds. The first-order valence-corrected chi connectivity index (χ1v) is 24.7. The molecule has 0 aliphatic carbocycles. The van der Waals surface area contributed by atoms with Gasteiger partial charge in [-0.1, -0.05) is 13.8 Å². The zero-order valence-electron chi connectivity index (χ0n) is 41.4. The summed E-state index contributed by atoms with van der Waals surface area (Å²) in [7, 11) is 0. The van der Waals surface area contributed by atoms with Crippen molar-refractivity contribution < 1.29 is 43.3 Å². The Morgan fingerprint density at radius 3 is 1.62 bits per heavy atom. The number of H-pyrrole nitrogens is 2. The Hall–Kier alpha value is -6.98. The van der Waals surface area contributed by atoms with Crippen LogP contribution in [0.15, 0.2) is 49.1 Å². The van der Waals surface area contributed by atoms with Crippen molar-refractivity contribution in [2.75, 3.05) is 34.4 Å². The van der Waals surface area contributed by atoms with Gasteiger partial charge in [0.05, 0.1) is 62.6 Å². The monoisotopic (exact) mass is 1010 g/mol. The van der Waals surface area contributed by atoms with Crippen LogP contribution in [-0.4, -0.2) is 101 Å². The maximum atomic E-state index is 13.2. The fourth-order valence-corrected chi connectivity index (χ4v) is 9.86. The number of ether oxygens (including phenoxy) is 2. The fourth-order valence-electron chi connectivity index (χ4n) is 7.64. The molecule has 6 aromatic rings. The van der Waals surface area contributed by atoms with E-state index in [1.807, 2.05) is 23.6 Å². The van der Waals surface area contributed by atoms with E-state index in [1.54, 1.807) is 83.9 Å². The number of aromatic amines is 2. The molecule has 2 saturated heterocycles. The third-order valence-electron chi connectivity index (χ3n) is 11.0. The van der Waals surface area contributed by atoms with Crippen LogP contribution < -0.4 is 26.6 Å². The van der Waals surface area contributed by atoms with Crippen LogP contribution in [0.3, 0.4) is 0 Å². The molecule has 0 bridgehead atoms. The highest BCUT2D eigenvalue weighted by Gasteiger charge is 2.35. The lowest BCUT2D eigenvalue weighted by molar-refractivity contribution is -0.147. The Kier molecular flexibility index (Phi) is 17.2. The maximum absolute atomic E-state index is 13.2. The Morgan fingerprint density at radius 2 is 1.15 bits per heavy atom. The van der Waals surface area contributed by atoms with E-state index in [9.17, 15) is 28.8 Å². The van der Waals surface area contributed by atoms with Crippen LogP contribution in [0.25, 0.3) is 20.4 Å². The number of rotatable bonds is 6. The quantitative estimate of drug-likeness (QED) is 0.0723. The molecule has 71 heavy (non-hydrogen) atoms. The third-order valence-corrected chi connectivity index (χ3v) is 13.4. The topological polar surface area (TPSA) is 288 Å². The second-order valence-electron chi connectivity index (χ2n) is 19.6. The van der Waals surface area contributed by atoms with Gasteiger partial charge in [0, 0.05) is 22.3 Å². The van der Waals surface area contributed by atoms with Crippen molar-refractivity contribution in [1.29, 1.82) is 0 Å². The lowest BCUT2D eigenvalue weighted by Crippen LogP contribution is -2.46. The van der Waals surface area contributed by atoms with Crippen LogP contribution in [0.1, 0.15) is 114 Å². The average Bonchev–Trinajstić information content (AvgIpc) is 4.08. The zero-order valence-corrected chi connectivity index (χ0v) is 43.1. The van der Waals surface area contributed by atoms with Crippen LogP contribution in [0, 0.1) is 25.7 Å². The number of hydrogen-bond donors (Lipinski definition) is 8. The number of pyridine rings is 2. The summed E-state index contributed by atoms with van der Waals surface area (Å²) in [5, 5.41) is 36.0. The van der Waals surface area contributed by atoms with Crippen molar-refractivity contribution in [2.45, 2.75) is 118 Å². The molecule has 21 nitrogen and oxygen atoms in total. The second-order valence-corrected chi connectivity index (χ2v) is 21.9. The van der Waals surface area contributed by atoms with E-state index < -0.39 is 47.1 Å². The second kappa shape index (κ2) is 22.8. The largest absolute Gasteiger partial charge is 0.474 e.